The van der Waals surface area contributed by atoms with E-state index in [1.54, 1.807) is 29.9 Å². The first-order chi connectivity index (χ1) is 17.5. The van der Waals surface area contributed by atoms with Gasteiger partial charge in [-0.3, -0.25) is 9.88 Å². The summed E-state index contributed by atoms with van der Waals surface area (Å²) in [7, 11) is 0. The molecule has 212 valence electrons. The van der Waals surface area contributed by atoms with Crippen LogP contribution in [0.4, 0.5) is 40.8 Å². The van der Waals surface area contributed by atoms with Gasteiger partial charge in [-0.05, 0) is 18.6 Å². The lowest BCUT2D eigenvalue weighted by Crippen LogP contribution is -2.56. The Hall–Kier alpha value is -3.08. The maximum atomic E-state index is 14.8. The second-order valence-corrected chi connectivity index (χ2v) is 9.34. The van der Waals surface area contributed by atoms with E-state index in [0.717, 1.165) is 10.7 Å². The minimum atomic E-state index is -5.08. The molecule has 2 fully saturated rings. The topological polar surface area (TPSA) is 107 Å². The number of aromatic nitrogens is 2. The highest BCUT2D eigenvalue weighted by atomic mass is 32.1. The molecule has 4 heterocycles. The molecule has 0 amide bonds. The van der Waals surface area contributed by atoms with E-state index < -0.39 is 35.6 Å². The normalized spacial score (nSPS) is 21.2. The third kappa shape index (κ3) is 8.47. The van der Waals surface area contributed by atoms with E-state index >= 15 is 0 Å². The van der Waals surface area contributed by atoms with Gasteiger partial charge >= 0.3 is 24.3 Å². The molecule has 1 unspecified atom stereocenters. The molecule has 2 aromatic rings. The van der Waals surface area contributed by atoms with Gasteiger partial charge in [-0.2, -0.15) is 26.3 Å². The number of hydrogen-bond acceptors (Lipinski definition) is 7. The molecule has 1 spiro atoms. The Labute approximate surface area is 214 Å². The van der Waals surface area contributed by atoms with E-state index in [4.69, 9.17) is 19.8 Å². The first kappa shape index (κ1) is 31.1. The summed E-state index contributed by atoms with van der Waals surface area (Å²) in [6, 6.07) is 3.80. The molecule has 2 saturated heterocycles. The van der Waals surface area contributed by atoms with Gasteiger partial charge in [0, 0.05) is 50.4 Å². The Balaban J connectivity index is 0.000000301. The highest BCUT2D eigenvalue weighted by molar-refractivity contribution is 7.09. The van der Waals surface area contributed by atoms with Gasteiger partial charge in [-0.15, -0.1) is 11.3 Å². The molecule has 2 aliphatic heterocycles. The number of aliphatic carboxylic acids is 2. The monoisotopic (exact) mass is 578 g/mol. The van der Waals surface area contributed by atoms with Gasteiger partial charge in [0.15, 0.2) is 0 Å². The maximum Gasteiger partial charge on any atom is 0.490 e. The molecule has 1 atom stereocenters. The minimum absolute atomic E-state index is 0.0702. The van der Waals surface area contributed by atoms with E-state index in [0.29, 0.717) is 39.1 Å². The summed E-state index contributed by atoms with van der Waals surface area (Å²) < 4.78 is 93.1. The lowest BCUT2D eigenvalue weighted by Gasteiger charge is -2.45. The van der Waals surface area contributed by atoms with Gasteiger partial charge < -0.3 is 15.1 Å². The predicted octanol–water partition coefficient (Wildman–Crippen LogP) is 4.54. The van der Waals surface area contributed by atoms with Crippen molar-refractivity contribution in [1.82, 2.24) is 14.9 Å². The van der Waals surface area contributed by atoms with Crippen LogP contribution in [-0.4, -0.2) is 81.5 Å². The van der Waals surface area contributed by atoms with Gasteiger partial charge in [0.2, 0.25) is 0 Å². The zero-order chi connectivity index (χ0) is 28.8. The van der Waals surface area contributed by atoms with Crippen molar-refractivity contribution in [3.8, 4) is 0 Å². The molecule has 0 aliphatic carbocycles. The number of hydrogen-bond donors (Lipinski definition) is 2. The van der Waals surface area contributed by atoms with E-state index in [9.17, 15) is 35.1 Å². The molecule has 8 nitrogen and oxygen atoms in total. The standard InChI is InChI=1S/C17H20F2N4S.2C2HF3O2/c18-17(19)4-7-22(11-15-21-6-9-24-15)12-16(17)3-8-23(13-16)14-2-1-5-20-10-14;2*3-2(4,5)1(6)7/h1-2,5-6,9-10H,3-4,7-8,11-13H2;2*(H,6,7). The number of thiazole rings is 1. The number of piperidine rings is 1. The first-order valence-electron chi connectivity index (χ1n) is 10.7. The average molecular weight is 578 g/mol. The summed E-state index contributed by atoms with van der Waals surface area (Å²) in [5.74, 6) is -8.14. The Bertz CT molecular complexity index is 1030. The largest absolute Gasteiger partial charge is 0.490 e. The summed E-state index contributed by atoms with van der Waals surface area (Å²) in [6.07, 6.45) is -4.48. The molecule has 17 heteroatoms. The number of nitrogens with zero attached hydrogens (tertiary/aromatic N) is 4. The van der Waals surface area contributed by atoms with Crippen LogP contribution >= 0.6 is 11.3 Å². The second kappa shape index (κ2) is 12.2. The number of carboxylic acid groups (broad SMARTS) is 2. The molecule has 38 heavy (non-hydrogen) atoms. The molecule has 0 saturated carbocycles. The predicted molar refractivity (Wildman–Crippen MR) is 118 cm³/mol. The van der Waals surface area contributed by atoms with Crippen molar-refractivity contribution in [2.75, 3.05) is 31.1 Å². The number of carbonyl (C=O) groups is 2. The number of anilines is 1. The van der Waals surface area contributed by atoms with Crippen molar-refractivity contribution in [1.29, 1.82) is 0 Å². The van der Waals surface area contributed by atoms with Crippen LogP contribution in [0.25, 0.3) is 0 Å². The molecule has 0 bridgehead atoms. The van der Waals surface area contributed by atoms with Crippen molar-refractivity contribution >= 4 is 29.0 Å². The number of alkyl halides is 8. The van der Waals surface area contributed by atoms with E-state index in [-0.39, 0.29) is 6.42 Å². The molecule has 0 radical (unpaired) electrons. The molecule has 0 aromatic carbocycles. The first-order valence-corrected chi connectivity index (χ1v) is 11.6. The Morgan fingerprint density at radius 2 is 1.58 bits per heavy atom. The van der Waals surface area contributed by atoms with Crippen molar-refractivity contribution in [2.24, 2.45) is 5.41 Å². The van der Waals surface area contributed by atoms with Gasteiger partial charge in [0.25, 0.3) is 5.92 Å². The van der Waals surface area contributed by atoms with Crippen LogP contribution in [0.3, 0.4) is 0 Å². The summed E-state index contributed by atoms with van der Waals surface area (Å²) in [4.78, 5) is 30.4. The van der Waals surface area contributed by atoms with Crippen LogP contribution in [0.15, 0.2) is 36.1 Å². The van der Waals surface area contributed by atoms with Crippen molar-refractivity contribution in [3.05, 3.63) is 41.1 Å². The fraction of sp³-hybridized carbons (Fsp3) is 0.524. The lowest BCUT2D eigenvalue weighted by molar-refractivity contribution is -0.193. The highest BCUT2D eigenvalue weighted by Gasteiger charge is 2.59. The van der Waals surface area contributed by atoms with Crippen LogP contribution in [0.1, 0.15) is 17.8 Å². The third-order valence-electron chi connectivity index (χ3n) is 5.74. The number of halogens is 8. The smallest absolute Gasteiger partial charge is 0.475 e. The number of likely N-dealkylation sites (tertiary alicyclic amines) is 1. The number of pyridine rings is 1. The van der Waals surface area contributed by atoms with E-state index in [1.807, 2.05) is 22.4 Å². The van der Waals surface area contributed by atoms with Crippen molar-refractivity contribution in [3.63, 3.8) is 0 Å². The quantitative estimate of drug-likeness (QED) is 0.512. The maximum absolute atomic E-state index is 14.8. The fourth-order valence-electron chi connectivity index (χ4n) is 3.90. The highest BCUT2D eigenvalue weighted by Crippen LogP contribution is 2.50. The zero-order valence-corrected chi connectivity index (χ0v) is 20.2. The molecule has 2 aliphatic rings. The summed E-state index contributed by atoms with van der Waals surface area (Å²) in [5.41, 5.74) is -0.0412. The molecular weight excluding hydrogens is 556 g/mol. The van der Waals surface area contributed by atoms with Crippen LogP contribution in [0.5, 0.6) is 0 Å². The molecular formula is C21H22F8N4O4S. The van der Waals surface area contributed by atoms with E-state index in [1.165, 1.54) is 0 Å². The summed E-state index contributed by atoms with van der Waals surface area (Å²) >= 11 is 1.59. The lowest BCUT2D eigenvalue weighted by atomic mass is 9.75. The zero-order valence-electron chi connectivity index (χ0n) is 19.3. The Morgan fingerprint density at radius 1 is 0.974 bits per heavy atom. The van der Waals surface area contributed by atoms with Crippen LogP contribution in [-0.2, 0) is 16.1 Å². The second-order valence-electron chi connectivity index (χ2n) is 8.36. The average Bonchev–Trinajstić information content (AvgIpc) is 3.48. The summed E-state index contributed by atoms with van der Waals surface area (Å²) in [5, 5.41) is 17.2. The van der Waals surface area contributed by atoms with Gasteiger partial charge in [0.05, 0.1) is 23.8 Å². The minimum Gasteiger partial charge on any atom is -0.475 e. The number of carboxylic acids is 2. The molecule has 2 N–H and O–H groups in total. The Kier molecular flexibility index (Phi) is 9.99. The van der Waals surface area contributed by atoms with E-state index in [2.05, 4.69) is 14.9 Å². The van der Waals surface area contributed by atoms with Gasteiger partial charge in [-0.1, -0.05) is 0 Å². The third-order valence-corrected chi connectivity index (χ3v) is 6.50. The molecule has 4 rings (SSSR count). The van der Waals surface area contributed by atoms with Crippen molar-refractivity contribution < 1.29 is 54.9 Å². The van der Waals surface area contributed by atoms with Crippen molar-refractivity contribution in [2.45, 2.75) is 37.7 Å². The van der Waals surface area contributed by atoms with Crippen LogP contribution in [0.2, 0.25) is 0 Å². The number of rotatable bonds is 3. The SMILES string of the molecule is FC1(F)CCN(Cc2nccs2)CC12CCN(c1cccnc1)C2.O=C(O)C(F)(F)F.O=C(O)C(F)(F)F. The Morgan fingerprint density at radius 3 is 2.05 bits per heavy atom. The fourth-order valence-corrected chi connectivity index (χ4v) is 4.56. The summed E-state index contributed by atoms with van der Waals surface area (Å²) in [6.45, 7) is 2.58. The van der Waals surface area contributed by atoms with Crippen LogP contribution in [0, 0.1) is 5.41 Å². The van der Waals surface area contributed by atoms with Crippen LogP contribution < -0.4 is 4.90 Å². The molecule has 2 aromatic heterocycles. The van der Waals surface area contributed by atoms with Gasteiger partial charge in [-0.25, -0.2) is 23.4 Å². The van der Waals surface area contributed by atoms with Gasteiger partial charge in [0.1, 0.15) is 5.01 Å².